The Bertz CT molecular complexity index is 1420. The van der Waals surface area contributed by atoms with Gasteiger partial charge in [-0.05, 0) is 53.1 Å². The van der Waals surface area contributed by atoms with Crippen LogP contribution in [0.3, 0.4) is 0 Å². The van der Waals surface area contributed by atoms with Crippen LogP contribution >= 0.6 is 11.8 Å². The van der Waals surface area contributed by atoms with Gasteiger partial charge >= 0.3 is 0 Å². The van der Waals surface area contributed by atoms with Crippen LogP contribution in [0.2, 0.25) is 0 Å². The van der Waals surface area contributed by atoms with E-state index in [9.17, 15) is 24.5 Å². The van der Waals surface area contributed by atoms with Crippen LogP contribution in [0.25, 0.3) is 6.08 Å². The van der Waals surface area contributed by atoms with Crippen LogP contribution in [-0.2, 0) is 22.6 Å². The first kappa shape index (κ1) is 24.2. The van der Waals surface area contributed by atoms with Gasteiger partial charge in [-0.15, -0.1) is 0 Å². The Labute approximate surface area is 215 Å². The largest absolute Gasteiger partial charge is 0.439 e. The third-order valence-corrected chi connectivity index (χ3v) is 6.89. The predicted molar refractivity (Wildman–Crippen MR) is 136 cm³/mol. The number of benzene rings is 2. The third kappa shape index (κ3) is 5.36. The van der Waals surface area contributed by atoms with Crippen LogP contribution in [0.5, 0.6) is 11.6 Å². The van der Waals surface area contributed by atoms with Crippen LogP contribution in [0.4, 0.5) is 10.5 Å². The Balaban J connectivity index is 1.21. The summed E-state index contributed by atoms with van der Waals surface area (Å²) >= 11 is 0.796. The first-order valence-corrected chi connectivity index (χ1v) is 12.2. The minimum atomic E-state index is -0.546. The average Bonchev–Trinajstić information content (AvgIpc) is 3.17. The SMILES string of the molecule is O=C(CN1C(=O)S/C(=C\c2ccc(Oc3ccc([N+](=O)[O-])cn3)cc2)C1=O)N1CCc2ccccc2C1. The number of fused-ring (bicyclic) bond motifs is 1. The zero-order valence-corrected chi connectivity index (χ0v) is 20.2. The van der Waals surface area contributed by atoms with E-state index in [2.05, 4.69) is 4.98 Å². The lowest BCUT2D eigenvalue weighted by Gasteiger charge is -2.29. The molecule has 2 aliphatic rings. The van der Waals surface area contributed by atoms with Crippen molar-refractivity contribution in [3.8, 4) is 11.6 Å². The van der Waals surface area contributed by atoms with Gasteiger partial charge in [0.1, 0.15) is 18.5 Å². The van der Waals surface area contributed by atoms with Gasteiger partial charge in [-0.25, -0.2) is 4.98 Å². The summed E-state index contributed by atoms with van der Waals surface area (Å²) in [5, 5.41) is 10.2. The molecule has 1 saturated heterocycles. The molecule has 3 aromatic rings. The minimum absolute atomic E-state index is 0.139. The van der Waals surface area contributed by atoms with E-state index in [0.29, 0.717) is 24.4 Å². The van der Waals surface area contributed by atoms with Crippen LogP contribution < -0.4 is 4.74 Å². The van der Waals surface area contributed by atoms with Gasteiger partial charge in [0.05, 0.1) is 9.83 Å². The predicted octanol–water partition coefficient (Wildman–Crippen LogP) is 4.40. The second-order valence-corrected chi connectivity index (χ2v) is 9.38. The summed E-state index contributed by atoms with van der Waals surface area (Å²) in [4.78, 5) is 55.2. The maximum atomic E-state index is 12.9. The van der Waals surface area contributed by atoms with Gasteiger partial charge in [0.2, 0.25) is 11.8 Å². The van der Waals surface area contributed by atoms with E-state index < -0.39 is 16.1 Å². The van der Waals surface area contributed by atoms with E-state index >= 15 is 0 Å². The molecule has 5 rings (SSSR count). The highest BCUT2D eigenvalue weighted by Gasteiger charge is 2.37. The fraction of sp³-hybridized carbons (Fsp3) is 0.154. The molecule has 11 heteroatoms. The topological polar surface area (TPSA) is 123 Å². The Morgan fingerprint density at radius 3 is 2.54 bits per heavy atom. The van der Waals surface area contributed by atoms with E-state index in [0.717, 1.165) is 34.8 Å². The average molecular weight is 517 g/mol. The highest BCUT2D eigenvalue weighted by molar-refractivity contribution is 8.18. The number of amides is 3. The smallest absolute Gasteiger partial charge is 0.294 e. The molecule has 1 aromatic heterocycles. The Morgan fingerprint density at radius 1 is 1.08 bits per heavy atom. The maximum absolute atomic E-state index is 12.9. The van der Waals surface area contributed by atoms with Crippen molar-refractivity contribution in [2.75, 3.05) is 13.1 Å². The number of pyridine rings is 1. The number of rotatable bonds is 6. The molecule has 0 N–H and O–H groups in total. The fourth-order valence-electron chi connectivity index (χ4n) is 4.03. The van der Waals surface area contributed by atoms with Crippen LogP contribution in [-0.4, -0.2) is 49.9 Å². The Hall–Kier alpha value is -4.51. The molecule has 0 spiro atoms. The Morgan fingerprint density at radius 2 is 1.84 bits per heavy atom. The molecule has 3 heterocycles. The summed E-state index contributed by atoms with van der Waals surface area (Å²) in [6.45, 7) is 0.718. The lowest BCUT2D eigenvalue weighted by molar-refractivity contribution is -0.385. The molecule has 0 aliphatic carbocycles. The molecule has 0 radical (unpaired) electrons. The fourth-order valence-corrected chi connectivity index (χ4v) is 4.86. The summed E-state index contributed by atoms with van der Waals surface area (Å²) in [7, 11) is 0. The number of hydrogen-bond donors (Lipinski definition) is 0. The number of imide groups is 1. The van der Waals surface area contributed by atoms with Gasteiger partial charge in [0.15, 0.2) is 0 Å². The summed E-state index contributed by atoms with van der Waals surface area (Å²) in [6, 6.07) is 17.3. The Kier molecular flexibility index (Phi) is 6.69. The molecule has 0 unspecified atom stereocenters. The number of thioether (sulfide) groups is 1. The molecule has 2 aliphatic heterocycles. The summed E-state index contributed by atoms with van der Waals surface area (Å²) in [6.07, 6.45) is 3.43. The molecule has 186 valence electrons. The van der Waals surface area contributed by atoms with E-state index in [-0.39, 0.29) is 28.9 Å². The number of nitro groups is 1. The van der Waals surface area contributed by atoms with Crippen molar-refractivity contribution in [2.45, 2.75) is 13.0 Å². The second kappa shape index (κ2) is 10.2. The molecular weight excluding hydrogens is 496 g/mol. The molecular formula is C26H20N4O6S. The van der Waals surface area contributed by atoms with Crippen LogP contribution in [0, 0.1) is 10.1 Å². The number of aromatic nitrogens is 1. The van der Waals surface area contributed by atoms with Crippen molar-refractivity contribution >= 4 is 40.6 Å². The molecule has 10 nitrogen and oxygen atoms in total. The number of carbonyl (C=O) groups excluding carboxylic acids is 3. The molecule has 3 amide bonds. The zero-order chi connectivity index (χ0) is 25.9. The van der Waals surface area contributed by atoms with Crippen molar-refractivity contribution in [3.63, 3.8) is 0 Å². The number of nitrogens with zero attached hydrogens (tertiary/aromatic N) is 4. The number of hydrogen-bond acceptors (Lipinski definition) is 8. The van der Waals surface area contributed by atoms with Crippen molar-refractivity contribution in [2.24, 2.45) is 0 Å². The van der Waals surface area contributed by atoms with Gasteiger partial charge in [0.25, 0.3) is 16.8 Å². The van der Waals surface area contributed by atoms with Gasteiger partial charge in [-0.3, -0.25) is 29.4 Å². The summed E-state index contributed by atoms with van der Waals surface area (Å²) in [5.41, 5.74) is 2.81. The highest BCUT2D eigenvalue weighted by Crippen LogP contribution is 2.33. The van der Waals surface area contributed by atoms with Gasteiger partial charge < -0.3 is 9.64 Å². The first-order chi connectivity index (χ1) is 17.9. The maximum Gasteiger partial charge on any atom is 0.294 e. The minimum Gasteiger partial charge on any atom is -0.439 e. The van der Waals surface area contributed by atoms with E-state index in [4.69, 9.17) is 4.74 Å². The quantitative estimate of drug-likeness (QED) is 0.268. The van der Waals surface area contributed by atoms with Gasteiger partial charge in [-0.2, -0.15) is 0 Å². The van der Waals surface area contributed by atoms with Crippen molar-refractivity contribution in [1.29, 1.82) is 0 Å². The van der Waals surface area contributed by atoms with Crippen LogP contribution in [0.15, 0.2) is 71.8 Å². The standard InChI is InChI=1S/C26H20N4O6S/c31-24(28-12-11-18-3-1-2-4-19(18)15-28)16-29-25(32)22(37-26(29)33)13-17-5-8-21(9-6-17)36-23-10-7-20(14-27-23)30(34)35/h1-10,13-14H,11-12,15-16H2/b22-13-. The zero-order valence-electron chi connectivity index (χ0n) is 19.4. The van der Waals surface area contributed by atoms with Crippen molar-refractivity contribution in [3.05, 3.63) is 98.6 Å². The molecule has 0 saturated carbocycles. The van der Waals surface area contributed by atoms with Gasteiger partial charge in [0, 0.05) is 25.2 Å². The van der Waals surface area contributed by atoms with Gasteiger partial charge in [-0.1, -0.05) is 36.4 Å². The lowest BCUT2D eigenvalue weighted by Crippen LogP contribution is -2.44. The first-order valence-electron chi connectivity index (χ1n) is 11.4. The van der Waals surface area contributed by atoms with E-state index in [1.165, 1.54) is 17.7 Å². The summed E-state index contributed by atoms with van der Waals surface area (Å²) in [5.74, 6) is -0.128. The second-order valence-electron chi connectivity index (χ2n) is 8.38. The highest BCUT2D eigenvalue weighted by atomic mass is 32.2. The van der Waals surface area contributed by atoms with E-state index in [1.54, 1.807) is 35.2 Å². The molecule has 2 aromatic carbocycles. The lowest BCUT2D eigenvalue weighted by atomic mass is 10.00. The normalized spacial score (nSPS) is 16.2. The molecule has 0 atom stereocenters. The number of carbonyl (C=O) groups is 3. The number of ether oxygens (including phenoxy) is 1. The summed E-state index contributed by atoms with van der Waals surface area (Å²) < 4.78 is 5.59. The monoisotopic (exact) mass is 516 g/mol. The third-order valence-electron chi connectivity index (χ3n) is 5.98. The molecule has 1 fully saturated rings. The van der Waals surface area contributed by atoms with Crippen LogP contribution in [0.1, 0.15) is 16.7 Å². The molecule has 37 heavy (non-hydrogen) atoms. The van der Waals surface area contributed by atoms with Crippen molar-refractivity contribution in [1.82, 2.24) is 14.8 Å². The van der Waals surface area contributed by atoms with E-state index in [1.807, 2.05) is 24.3 Å². The van der Waals surface area contributed by atoms with Crippen molar-refractivity contribution < 1.29 is 24.0 Å². The molecule has 0 bridgehead atoms.